The number of ether oxygens (including phenoxy) is 1. The number of rotatable bonds is 3. The molecule has 0 aromatic heterocycles. The molecule has 2 fully saturated rings. The summed E-state index contributed by atoms with van der Waals surface area (Å²) >= 11 is 6.04. The van der Waals surface area contributed by atoms with Gasteiger partial charge in [-0.3, -0.25) is 4.79 Å². The van der Waals surface area contributed by atoms with Gasteiger partial charge in [0.1, 0.15) is 5.75 Å². The van der Waals surface area contributed by atoms with Gasteiger partial charge in [0.05, 0.1) is 18.2 Å². The van der Waals surface area contributed by atoms with Gasteiger partial charge in [0.15, 0.2) is 0 Å². The average molecular weight is 320 g/mol. The van der Waals surface area contributed by atoms with Crippen LogP contribution in [0.5, 0.6) is 5.75 Å². The lowest BCUT2D eigenvalue weighted by Crippen LogP contribution is -2.37. The molecule has 2 atom stereocenters. The molecule has 3 rings (SSSR count). The van der Waals surface area contributed by atoms with E-state index in [-0.39, 0.29) is 11.3 Å². The Morgan fingerprint density at radius 3 is 2.77 bits per heavy atom. The maximum Gasteiger partial charge on any atom is 0.234 e. The summed E-state index contributed by atoms with van der Waals surface area (Å²) in [6.07, 6.45) is 2.87. The third-order valence-electron chi connectivity index (χ3n) is 5.73. The van der Waals surface area contributed by atoms with Gasteiger partial charge in [-0.1, -0.05) is 37.6 Å². The normalized spacial score (nSPS) is 28.7. The lowest BCUT2D eigenvalue weighted by Gasteiger charge is -2.37. The smallest absolute Gasteiger partial charge is 0.234 e. The summed E-state index contributed by atoms with van der Waals surface area (Å²) in [5.74, 6) is 1.18. The second-order valence-corrected chi connectivity index (χ2v) is 7.46. The van der Waals surface area contributed by atoms with Crippen LogP contribution in [0.4, 0.5) is 5.69 Å². The number of hydrogen-bond donors (Lipinski definition) is 1. The molecule has 3 nitrogen and oxygen atoms in total. The number of nitrogens with one attached hydrogen (secondary N) is 1. The van der Waals surface area contributed by atoms with Crippen LogP contribution in [0.15, 0.2) is 30.4 Å². The number of fused-ring (bicyclic) bond motifs is 2. The summed E-state index contributed by atoms with van der Waals surface area (Å²) in [6.45, 7) is 8.67. The van der Waals surface area contributed by atoms with Crippen molar-refractivity contribution in [3.63, 3.8) is 0 Å². The first-order valence-corrected chi connectivity index (χ1v) is 8.04. The monoisotopic (exact) mass is 319 g/mol. The summed E-state index contributed by atoms with van der Waals surface area (Å²) < 4.78 is 5.31. The van der Waals surface area contributed by atoms with Gasteiger partial charge >= 0.3 is 0 Å². The fourth-order valence-electron chi connectivity index (χ4n) is 4.16. The van der Waals surface area contributed by atoms with Crippen molar-refractivity contribution < 1.29 is 9.53 Å². The van der Waals surface area contributed by atoms with Crippen molar-refractivity contribution in [2.24, 2.45) is 16.7 Å². The minimum absolute atomic E-state index is 0.0196. The molecule has 0 unspecified atom stereocenters. The van der Waals surface area contributed by atoms with E-state index in [2.05, 4.69) is 25.7 Å². The van der Waals surface area contributed by atoms with Gasteiger partial charge in [0.2, 0.25) is 5.91 Å². The predicted molar refractivity (Wildman–Crippen MR) is 89.3 cm³/mol. The van der Waals surface area contributed by atoms with Crippen molar-refractivity contribution in [1.29, 1.82) is 0 Å². The third-order valence-corrected chi connectivity index (χ3v) is 5.97. The first-order valence-electron chi connectivity index (χ1n) is 7.66. The highest BCUT2D eigenvalue weighted by molar-refractivity contribution is 6.31. The summed E-state index contributed by atoms with van der Waals surface area (Å²) in [6, 6.07) is 5.24. The Bertz CT molecular complexity index is 652. The molecule has 4 heteroatoms. The van der Waals surface area contributed by atoms with Crippen LogP contribution in [0.1, 0.15) is 33.1 Å². The second-order valence-electron chi connectivity index (χ2n) is 7.02. The minimum Gasteiger partial charge on any atom is -0.495 e. The highest BCUT2D eigenvalue weighted by Crippen LogP contribution is 2.65. The average Bonchev–Trinajstić information content (AvgIpc) is 2.99. The zero-order valence-electron chi connectivity index (χ0n) is 13.3. The highest BCUT2D eigenvalue weighted by atomic mass is 35.5. The van der Waals surface area contributed by atoms with E-state index in [0.717, 1.165) is 24.8 Å². The van der Waals surface area contributed by atoms with E-state index in [9.17, 15) is 4.79 Å². The third kappa shape index (κ3) is 2.06. The van der Waals surface area contributed by atoms with Gasteiger partial charge in [-0.25, -0.2) is 0 Å². The van der Waals surface area contributed by atoms with Crippen molar-refractivity contribution in [1.82, 2.24) is 0 Å². The first-order chi connectivity index (χ1) is 10.3. The van der Waals surface area contributed by atoms with Gasteiger partial charge in [0, 0.05) is 5.02 Å². The molecule has 1 N–H and O–H groups in total. The zero-order valence-corrected chi connectivity index (χ0v) is 14.1. The molecular weight excluding hydrogens is 298 g/mol. The lowest BCUT2D eigenvalue weighted by atomic mass is 9.68. The van der Waals surface area contributed by atoms with E-state index in [4.69, 9.17) is 16.3 Å². The Hall–Kier alpha value is -1.48. The summed E-state index contributed by atoms with van der Waals surface area (Å²) in [5, 5.41) is 3.59. The van der Waals surface area contributed by atoms with Gasteiger partial charge in [-0.2, -0.15) is 0 Å². The molecule has 2 saturated carbocycles. The number of hydrogen-bond acceptors (Lipinski definition) is 2. The van der Waals surface area contributed by atoms with Gasteiger partial charge in [-0.15, -0.1) is 0 Å². The van der Waals surface area contributed by atoms with E-state index in [1.807, 2.05) is 0 Å². The van der Waals surface area contributed by atoms with Crippen LogP contribution in [0.25, 0.3) is 0 Å². The van der Waals surface area contributed by atoms with Crippen molar-refractivity contribution in [3.05, 3.63) is 35.4 Å². The molecule has 118 valence electrons. The molecule has 1 aromatic rings. The maximum absolute atomic E-state index is 13.0. The summed E-state index contributed by atoms with van der Waals surface area (Å²) in [4.78, 5) is 13.0. The first kappa shape index (κ1) is 15.4. The van der Waals surface area contributed by atoms with Crippen molar-refractivity contribution in [2.75, 3.05) is 12.4 Å². The lowest BCUT2D eigenvalue weighted by molar-refractivity contribution is -0.123. The topological polar surface area (TPSA) is 38.3 Å². The molecule has 1 amide bonds. The van der Waals surface area contributed by atoms with Gasteiger partial charge < -0.3 is 10.1 Å². The Labute approximate surface area is 136 Å². The number of benzene rings is 1. The number of carbonyl (C=O) groups excluding carboxylic acids is 1. The molecule has 1 aromatic carbocycles. The number of amides is 1. The largest absolute Gasteiger partial charge is 0.495 e. The molecule has 0 spiro atoms. The summed E-state index contributed by atoms with van der Waals surface area (Å²) in [5.41, 5.74) is 1.28. The van der Waals surface area contributed by atoms with E-state index in [1.165, 1.54) is 0 Å². The van der Waals surface area contributed by atoms with Crippen LogP contribution in [-0.4, -0.2) is 13.0 Å². The maximum atomic E-state index is 13.0. The predicted octanol–water partition coefficient (Wildman–Crippen LogP) is 4.67. The molecule has 0 radical (unpaired) electrons. The molecule has 2 bridgehead atoms. The van der Waals surface area contributed by atoms with Crippen LogP contribution >= 0.6 is 11.6 Å². The van der Waals surface area contributed by atoms with E-state index < -0.39 is 5.41 Å². The van der Waals surface area contributed by atoms with Crippen LogP contribution in [-0.2, 0) is 4.79 Å². The van der Waals surface area contributed by atoms with E-state index in [1.54, 1.807) is 25.3 Å². The number of carbonyl (C=O) groups is 1. The quantitative estimate of drug-likeness (QED) is 0.822. The highest BCUT2D eigenvalue weighted by Gasteiger charge is 2.60. The number of anilines is 1. The van der Waals surface area contributed by atoms with Crippen molar-refractivity contribution >= 4 is 23.2 Å². The van der Waals surface area contributed by atoms with Crippen LogP contribution in [0.3, 0.4) is 0 Å². The zero-order chi connectivity index (χ0) is 16.1. The molecule has 0 aliphatic heterocycles. The van der Waals surface area contributed by atoms with Crippen molar-refractivity contribution in [2.45, 2.75) is 33.1 Å². The second kappa shape index (κ2) is 5.02. The van der Waals surface area contributed by atoms with Crippen LogP contribution < -0.4 is 10.1 Å². The summed E-state index contributed by atoms with van der Waals surface area (Å²) in [7, 11) is 1.58. The van der Waals surface area contributed by atoms with E-state index >= 15 is 0 Å². The number of halogens is 1. The standard InChI is InChI=1S/C18H22ClNO2/c1-11-17(2,3)12-7-8-18(11,10-12)16(21)20-14-9-13(19)5-6-15(14)22-4/h5-6,9,12H,1,7-8,10H2,2-4H3,(H,20,21)/t12-,18+/m0/s1. The molecule has 0 saturated heterocycles. The van der Waals surface area contributed by atoms with Crippen LogP contribution in [0, 0.1) is 16.7 Å². The Morgan fingerprint density at radius 1 is 1.45 bits per heavy atom. The van der Waals surface area contributed by atoms with Gasteiger partial charge in [-0.05, 0) is 48.8 Å². The van der Waals surface area contributed by atoms with Gasteiger partial charge in [0.25, 0.3) is 0 Å². The molecule has 2 aliphatic carbocycles. The number of methoxy groups -OCH3 is 1. The van der Waals surface area contributed by atoms with Crippen molar-refractivity contribution in [3.8, 4) is 5.75 Å². The SMILES string of the molecule is C=C1C(C)(C)[C@H]2CC[C@@]1(C(=O)Nc1cc(Cl)ccc1OC)C2. The molecule has 2 aliphatic rings. The van der Waals surface area contributed by atoms with Crippen LogP contribution in [0.2, 0.25) is 5.02 Å². The Morgan fingerprint density at radius 2 is 2.18 bits per heavy atom. The minimum atomic E-state index is -0.443. The molecular formula is C18H22ClNO2. The Balaban J connectivity index is 1.90. The van der Waals surface area contributed by atoms with E-state index in [0.29, 0.717) is 22.4 Å². The molecule has 22 heavy (non-hydrogen) atoms. The fraction of sp³-hybridized carbons (Fsp3) is 0.500. The Kier molecular flexibility index (Phi) is 3.52. The molecule has 0 heterocycles. The fourth-order valence-corrected chi connectivity index (χ4v) is 4.33.